The molecule has 0 bridgehead atoms. The van der Waals surface area contributed by atoms with Crippen LogP contribution >= 0.6 is 0 Å². The molecule has 0 saturated carbocycles. The molecule has 2 heterocycles. The van der Waals surface area contributed by atoms with Crippen LogP contribution in [-0.2, 0) is 6.42 Å². The lowest BCUT2D eigenvalue weighted by atomic mass is 9.91. The van der Waals surface area contributed by atoms with E-state index in [1.165, 1.54) is 18.4 Å². The fraction of sp³-hybridized carbons (Fsp3) is 0.500. The molecule has 0 unspecified atom stereocenters. The molecule has 1 aliphatic heterocycles. The molecule has 1 N–H and O–H groups in total. The zero-order chi connectivity index (χ0) is 10.8. The fourth-order valence-corrected chi connectivity index (χ4v) is 2.37. The van der Waals surface area contributed by atoms with Gasteiger partial charge in [0.2, 0.25) is 0 Å². The summed E-state index contributed by atoms with van der Waals surface area (Å²) >= 11 is 0. The highest BCUT2D eigenvalue weighted by Crippen LogP contribution is 2.20. The molecule has 2 aromatic rings. The van der Waals surface area contributed by atoms with Gasteiger partial charge in [0.05, 0.1) is 0 Å². The van der Waals surface area contributed by atoms with E-state index < -0.39 is 0 Å². The van der Waals surface area contributed by atoms with Crippen molar-refractivity contribution in [2.45, 2.75) is 19.3 Å². The number of benzene rings is 1. The molecule has 1 aliphatic rings. The van der Waals surface area contributed by atoms with Crippen LogP contribution in [0, 0.1) is 5.92 Å². The molecule has 0 spiro atoms. The van der Waals surface area contributed by atoms with Gasteiger partial charge < -0.3 is 5.32 Å². The van der Waals surface area contributed by atoms with Gasteiger partial charge >= 0.3 is 0 Å². The van der Waals surface area contributed by atoms with Gasteiger partial charge in [-0.2, -0.15) is 0 Å². The third kappa shape index (κ3) is 1.93. The van der Waals surface area contributed by atoms with E-state index in [-0.39, 0.29) is 0 Å². The maximum atomic E-state index is 4.70. The van der Waals surface area contributed by atoms with Crippen LogP contribution in [0.25, 0.3) is 11.0 Å². The van der Waals surface area contributed by atoms with Crippen molar-refractivity contribution in [2.75, 3.05) is 13.1 Å². The van der Waals surface area contributed by atoms with Crippen LogP contribution in [0.4, 0.5) is 0 Å². The molecule has 4 nitrogen and oxygen atoms in total. The lowest BCUT2D eigenvalue weighted by molar-refractivity contribution is 0.315. The largest absolute Gasteiger partial charge is 0.317 e. The van der Waals surface area contributed by atoms with Gasteiger partial charge in [-0.3, -0.25) is 0 Å². The first kappa shape index (κ1) is 9.78. The molecule has 4 heteroatoms. The van der Waals surface area contributed by atoms with E-state index in [9.17, 15) is 0 Å². The van der Waals surface area contributed by atoms with Crippen LogP contribution in [-0.4, -0.2) is 23.4 Å². The van der Waals surface area contributed by atoms with E-state index in [4.69, 9.17) is 4.63 Å². The molecule has 0 atom stereocenters. The van der Waals surface area contributed by atoms with Crippen molar-refractivity contribution in [2.24, 2.45) is 5.92 Å². The van der Waals surface area contributed by atoms with E-state index >= 15 is 0 Å². The third-order valence-electron chi connectivity index (χ3n) is 3.30. The second-order valence-corrected chi connectivity index (χ2v) is 4.48. The second-order valence-electron chi connectivity index (χ2n) is 4.48. The normalized spacial score (nSPS) is 18.0. The van der Waals surface area contributed by atoms with Crippen molar-refractivity contribution in [3.63, 3.8) is 0 Å². The smallest absolute Gasteiger partial charge is 0.135 e. The van der Waals surface area contributed by atoms with Gasteiger partial charge in [0.25, 0.3) is 0 Å². The topological polar surface area (TPSA) is 51.0 Å². The summed E-state index contributed by atoms with van der Waals surface area (Å²) in [5.41, 5.74) is 3.05. The van der Waals surface area contributed by atoms with Crippen LogP contribution < -0.4 is 5.32 Å². The van der Waals surface area contributed by atoms with E-state index in [2.05, 4.69) is 27.8 Å². The monoisotopic (exact) mass is 217 g/mol. The highest BCUT2D eigenvalue weighted by molar-refractivity contribution is 5.73. The Balaban J connectivity index is 1.77. The Morgan fingerprint density at radius 2 is 2.00 bits per heavy atom. The molecule has 1 fully saturated rings. The Kier molecular flexibility index (Phi) is 2.58. The summed E-state index contributed by atoms with van der Waals surface area (Å²) in [5.74, 6) is 0.804. The minimum Gasteiger partial charge on any atom is -0.317 e. The van der Waals surface area contributed by atoms with Gasteiger partial charge in [-0.15, -0.1) is 0 Å². The zero-order valence-electron chi connectivity index (χ0n) is 9.15. The predicted molar refractivity (Wildman–Crippen MR) is 61.1 cm³/mol. The van der Waals surface area contributed by atoms with Crippen LogP contribution in [0.5, 0.6) is 0 Å². The van der Waals surface area contributed by atoms with Crippen molar-refractivity contribution in [1.82, 2.24) is 15.6 Å². The number of piperidine rings is 1. The standard InChI is InChI=1S/C12H15N3O/c1-2-11-12(15-16-14-11)8-10(1)7-9-3-5-13-6-4-9/h1-2,8-9,13H,3-7H2. The van der Waals surface area contributed by atoms with E-state index in [1.807, 2.05) is 6.07 Å². The quantitative estimate of drug-likeness (QED) is 0.832. The van der Waals surface area contributed by atoms with Gasteiger partial charge in [-0.05, 0) is 66.3 Å². The number of hydrogen-bond acceptors (Lipinski definition) is 4. The Morgan fingerprint density at radius 1 is 1.19 bits per heavy atom. The lowest BCUT2D eigenvalue weighted by Gasteiger charge is -2.22. The van der Waals surface area contributed by atoms with E-state index in [0.29, 0.717) is 0 Å². The summed E-state index contributed by atoms with van der Waals surface area (Å²) in [5, 5.41) is 11.1. The maximum Gasteiger partial charge on any atom is 0.135 e. The highest BCUT2D eigenvalue weighted by Gasteiger charge is 2.14. The van der Waals surface area contributed by atoms with Crippen molar-refractivity contribution in [1.29, 1.82) is 0 Å². The second kappa shape index (κ2) is 4.22. The Morgan fingerprint density at radius 3 is 2.88 bits per heavy atom. The number of hydrogen-bond donors (Lipinski definition) is 1. The lowest BCUT2D eigenvalue weighted by Crippen LogP contribution is -2.28. The summed E-state index contributed by atoms with van der Waals surface area (Å²) in [4.78, 5) is 0. The van der Waals surface area contributed by atoms with Crippen molar-refractivity contribution >= 4 is 11.0 Å². The summed E-state index contributed by atoms with van der Waals surface area (Å²) in [6.45, 7) is 2.30. The Labute approximate surface area is 94.0 Å². The number of nitrogens with one attached hydrogen (secondary N) is 1. The summed E-state index contributed by atoms with van der Waals surface area (Å²) in [7, 11) is 0. The SMILES string of the molecule is c1cc2nonc2cc1CC1CCNCC1. The number of aromatic nitrogens is 2. The van der Waals surface area contributed by atoms with Crippen LogP contribution in [0.2, 0.25) is 0 Å². The molecule has 0 radical (unpaired) electrons. The van der Waals surface area contributed by atoms with Gasteiger partial charge in [-0.25, -0.2) is 4.63 Å². The minimum absolute atomic E-state index is 0.804. The molecule has 0 aliphatic carbocycles. The van der Waals surface area contributed by atoms with Crippen molar-refractivity contribution in [3.05, 3.63) is 23.8 Å². The minimum atomic E-state index is 0.804. The molecular weight excluding hydrogens is 202 g/mol. The molecule has 84 valence electrons. The molecule has 3 rings (SSSR count). The molecule has 1 aromatic carbocycles. The van der Waals surface area contributed by atoms with Crippen molar-refractivity contribution in [3.8, 4) is 0 Å². The first-order valence-electron chi connectivity index (χ1n) is 5.84. The van der Waals surface area contributed by atoms with E-state index in [1.54, 1.807) is 0 Å². The maximum absolute atomic E-state index is 4.70. The molecular formula is C12H15N3O. The van der Waals surface area contributed by atoms with Gasteiger partial charge in [0, 0.05) is 0 Å². The van der Waals surface area contributed by atoms with Gasteiger partial charge in [0.1, 0.15) is 11.0 Å². The molecule has 1 saturated heterocycles. The Hall–Kier alpha value is -1.42. The van der Waals surface area contributed by atoms with Gasteiger partial charge in [0.15, 0.2) is 0 Å². The summed E-state index contributed by atoms with van der Waals surface area (Å²) < 4.78 is 4.70. The Bertz CT molecular complexity index is 474. The number of fused-ring (bicyclic) bond motifs is 1. The highest BCUT2D eigenvalue weighted by atomic mass is 16.6. The van der Waals surface area contributed by atoms with Gasteiger partial charge in [-0.1, -0.05) is 6.07 Å². The summed E-state index contributed by atoms with van der Waals surface area (Å²) in [6.07, 6.45) is 3.69. The van der Waals surface area contributed by atoms with E-state index in [0.717, 1.165) is 36.5 Å². The molecule has 0 amide bonds. The predicted octanol–water partition coefficient (Wildman–Crippen LogP) is 1.76. The zero-order valence-corrected chi connectivity index (χ0v) is 9.15. The third-order valence-corrected chi connectivity index (χ3v) is 3.30. The first-order valence-corrected chi connectivity index (χ1v) is 5.84. The molecule has 16 heavy (non-hydrogen) atoms. The molecule has 1 aromatic heterocycles. The first-order chi connectivity index (χ1) is 7.92. The van der Waals surface area contributed by atoms with Crippen molar-refractivity contribution < 1.29 is 4.63 Å². The van der Waals surface area contributed by atoms with Crippen LogP contribution in [0.3, 0.4) is 0 Å². The summed E-state index contributed by atoms with van der Waals surface area (Å²) in [6, 6.07) is 6.21. The van der Waals surface area contributed by atoms with Crippen LogP contribution in [0.15, 0.2) is 22.8 Å². The average Bonchev–Trinajstić information content (AvgIpc) is 2.77. The number of nitrogens with zero attached hydrogens (tertiary/aromatic N) is 2. The average molecular weight is 217 g/mol. The van der Waals surface area contributed by atoms with Crippen LogP contribution in [0.1, 0.15) is 18.4 Å². The fourth-order valence-electron chi connectivity index (χ4n) is 2.37. The number of rotatable bonds is 2.